The van der Waals surface area contributed by atoms with Crippen molar-refractivity contribution >= 4 is 27.5 Å². The minimum absolute atomic E-state index is 0.111. The van der Waals surface area contributed by atoms with Crippen LogP contribution in [-0.4, -0.2) is 11.4 Å². The summed E-state index contributed by atoms with van der Waals surface area (Å²) in [7, 11) is 0. The molecular formula is C11H12BrClFN. The number of rotatable bonds is 4. The van der Waals surface area contributed by atoms with Gasteiger partial charge >= 0.3 is 0 Å². The molecular weight excluding hydrogens is 280 g/mol. The molecule has 1 N–H and O–H groups in total. The summed E-state index contributed by atoms with van der Waals surface area (Å²) in [6.45, 7) is 0.670. The third kappa shape index (κ3) is 2.92. The van der Waals surface area contributed by atoms with E-state index >= 15 is 0 Å². The van der Waals surface area contributed by atoms with E-state index in [1.165, 1.54) is 6.07 Å². The van der Waals surface area contributed by atoms with E-state index in [9.17, 15) is 4.39 Å². The number of nitrogens with one attached hydrogen (secondary N) is 1. The van der Waals surface area contributed by atoms with E-state index in [1.54, 1.807) is 6.07 Å². The summed E-state index contributed by atoms with van der Waals surface area (Å²) in [5.74, 6) is 0.417. The summed E-state index contributed by atoms with van der Waals surface area (Å²) in [6, 6.07) is 4.92. The third-order valence-electron chi connectivity index (χ3n) is 2.70. The Labute approximate surface area is 102 Å². The maximum atomic E-state index is 13.1. The lowest BCUT2D eigenvalue weighted by molar-refractivity contribution is 0.539. The summed E-state index contributed by atoms with van der Waals surface area (Å²) >= 11 is 9.11. The van der Waals surface area contributed by atoms with Crippen LogP contribution < -0.4 is 5.32 Å². The highest BCUT2D eigenvalue weighted by atomic mass is 79.9. The fraction of sp³-hybridized carbons (Fsp3) is 0.455. The summed E-state index contributed by atoms with van der Waals surface area (Å²) in [5, 5.41) is 3.37. The van der Waals surface area contributed by atoms with Crippen molar-refractivity contribution in [3.63, 3.8) is 0 Å². The second kappa shape index (κ2) is 4.40. The molecule has 0 atom stereocenters. The van der Waals surface area contributed by atoms with Gasteiger partial charge in [0, 0.05) is 22.4 Å². The molecule has 2 rings (SSSR count). The SMILES string of the molecule is Fc1cc(Br)cc(CNC2(CCl)CC2)c1. The van der Waals surface area contributed by atoms with Crippen molar-refractivity contribution in [2.75, 3.05) is 5.88 Å². The highest BCUT2D eigenvalue weighted by molar-refractivity contribution is 9.10. The average molecular weight is 293 g/mol. The second-order valence-corrected chi connectivity index (χ2v) is 5.23. The molecule has 15 heavy (non-hydrogen) atoms. The molecule has 0 heterocycles. The average Bonchev–Trinajstić information content (AvgIpc) is 2.94. The van der Waals surface area contributed by atoms with Gasteiger partial charge in [-0.2, -0.15) is 0 Å². The Hall–Kier alpha value is -0.120. The zero-order chi connectivity index (χ0) is 10.9. The molecule has 0 spiro atoms. The normalized spacial score (nSPS) is 17.8. The first-order valence-corrected chi connectivity index (χ1v) is 6.22. The predicted molar refractivity (Wildman–Crippen MR) is 63.6 cm³/mol. The van der Waals surface area contributed by atoms with Crippen molar-refractivity contribution in [2.45, 2.75) is 24.9 Å². The minimum Gasteiger partial charge on any atom is -0.306 e. The van der Waals surface area contributed by atoms with Gasteiger partial charge < -0.3 is 5.32 Å². The zero-order valence-corrected chi connectivity index (χ0v) is 10.5. The molecule has 1 nitrogen and oxygen atoms in total. The van der Waals surface area contributed by atoms with Gasteiger partial charge in [-0.1, -0.05) is 15.9 Å². The summed E-state index contributed by atoms with van der Waals surface area (Å²) in [6.07, 6.45) is 2.24. The molecule has 1 aliphatic rings. The molecule has 0 bridgehead atoms. The fourth-order valence-electron chi connectivity index (χ4n) is 1.51. The lowest BCUT2D eigenvalue weighted by atomic mass is 10.2. The van der Waals surface area contributed by atoms with Gasteiger partial charge in [0.05, 0.1) is 0 Å². The van der Waals surface area contributed by atoms with Crippen LogP contribution in [0.1, 0.15) is 18.4 Å². The van der Waals surface area contributed by atoms with Crippen molar-refractivity contribution in [1.29, 1.82) is 0 Å². The molecule has 0 amide bonds. The van der Waals surface area contributed by atoms with Crippen molar-refractivity contribution in [2.24, 2.45) is 0 Å². The maximum Gasteiger partial charge on any atom is 0.124 e. The Morgan fingerprint density at radius 1 is 1.40 bits per heavy atom. The Kier molecular flexibility index (Phi) is 3.33. The Morgan fingerprint density at radius 3 is 2.67 bits per heavy atom. The van der Waals surface area contributed by atoms with E-state index in [4.69, 9.17) is 11.6 Å². The quantitative estimate of drug-likeness (QED) is 0.838. The van der Waals surface area contributed by atoms with Crippen LogP contribution in [0.25, 0.3) is 0 Å². The molecule has 1 aliphatic carbocycles. The number of alkyl halides is 1. The number of hydrogen-bond donors (Lipinski definition) is 1. The van der Waals surface area contributed by atoms with Gasteiger partial charge in [-0.3, -0.25) is 0 Å². The van der Waals surface area contributed by atoms with Crippen molar-refractivity contribution in [1.82, 2.24) is 5.32 Å². The first-order valence-electron chi connectivity index (χ1n) is 4.90. The number of hydrogen-bond acceptors (Lipinski definition) is 1. The van der Waals surface area contributed by atoms with Crippen LogP contribution in [0.3, 0.4) is 0 Å². The van der Waals surface area contributed by atoms with Gasteiger partial charge in [0.25, 0.3) is 0 Å². The highest BCUT2D eigenvalue weighted by Crippen LogP contribution is 2.36. The zero-order valence-electron chi connectivity index (χ0n) is 8.19. The van der Waals surface area contributed by atoms with Gasteiger partial charge in [0.15, 0.2) is 0 Å². The fourth-order valence-corrected chi connectivity index (χ4v) is 2.39. The van der Waals surface area contributed by atoms with Gasteiger partial charge in [0.2, 0.25) is 0 Å². The first-order chi connectivity index (χ1) is 7.13. The molecule has 1 saturated carbocycles. The smallest absolute Gasteiger partial charge is 0.124 e. The van der Waals surface area contributed by atoms with Crippen LogP contribution in [0, 0.1) is 5.82 Å². The lowest BCUT2D eigenvalue weighted by Crippen LogP contribution is -2.32. The molecule has 1 fully saturated rings. The van der Waals surface area contributed by atoms with Crippen LogP contribution >= 0.6 is 27.5 Å². The summed E-state index contributed by atoms with van der Waals surface area (Å²) < 4.78 is 13.8. The molecule has 0 saturated heterocycles. The third-order valence-corrected chi connectivity index (χ3v) is 3.67. The van der Waals surface area contributed by atoms with Crippen LogP contribution in [0.4, 0.5) is 4.39 Å². The van der Waals surface area contributed by atoms with Gasteiger partial charge in [-0.25, -0.2) is 4.39 Å². The van der Waals surface area contributed by atoms with Gasteiger partial charge in [-0.15, -0.1) is 11.6 Å². The van der Waals surface area contributed by atoms with E-state index in [2.05, 4.69) is 21.2 Å². The van der Waals surface area contributed by atoms with Gasteiger partial charge in [-0.05, 0) is 36.6 Å². The predicted octanol–water partition coefficient (Wildman–Crippen LogP) is 3.45. The molecule has 1 aromatic rings. The monoisotopic (exact) mass is 291 g/mol. The Balaban J connectivity index is 1.99. The number of benzene rings is 1. The lowest BCUT2D eigenvalue weighted by Gasteiger charge is -2.13. The molecule has 0 radical (unpaired) electrons. The van der Waals surface area contributed by atoms with Crippen molar-refractivity contribution < 1.29 is 4.39 Å². The topological polar surface area (TPSA) is 12.0 Å². The van der Waals surface area contributed by atoms with Gasteiger partial charge in [0.1, 0.15) is 5.82 Å². The van der Waals surface area contributed by atoms with E-state index < -0.39 is 0 Å². The van der Waals surface area contributed by atoms with E-state index in [0.717, 1.165) is 22.9 Å². The Morgan fingerprint density at radius 2 is 2.13 bits per heavy atom. The van der Waals surface area contributed by atoms with Crippen molar-refractivity contribution in [3.8, 4) is 0 Å². The summed E-state index contributed by atoms with van der Waals surface area (Å²) in [5.41, 5.74) is 1.05. The number of halogens is 3. The molecule has 0 aromatic heterocycles. The van der Waals surface area contributed by atoms with Crippen LogP contribution in [0.15, 0.2) is 22.7 Å². The Bertz CT molecular complexity index is 345. The largest absolute Gasteiger partial charge is 0.306 e. The van der Waals surface area contributed by atoms with Crippen LogP contribution in [0.5, 0.6) is 0 Å². The maximum absolute atomic E-state index is 13.1. The van der Waals surface area contributed by atoms with Crippen LogP contribution in [0.2, 0.25) is 0 Å². The molecule has 0 aliphatic heterocycles. The standard InChI is InChI=1S/C11H12BrClFN/c12-9-3-8(4-10(14)5-9)6-15-11(7-13)1-2-11/h3-5,15H,1-2,6-7H2. The molecule has 1 aromatic carbocycles. The molecule has 82 valence electrons. The second-order valence-electron chi connectivity index (χ2n) is 4.05. The van der Waals surface area contributed by atoms with Crippen LogP contribution in [-0.2, 0) is 6.54 Å². The van der Waals surface area contributed by atoms with E-state index in [0.29, 0.717) is 12.4 Å². The minimum atomic E-state index is -0.211. The van der Waals surface area contributed by atoms with E-state index in [1.807, 2.05) is 6.07 Å². The summed E-state index contributed by atoms with van der Waals surface area (Å²) in [4.78, 5) is 0. The highest BCUT2D eigenvalue weighted by Gasteiger charge is 2.40. The molecule has 0 unspecified atom stereocenters. The van der Waals surface area contributed by atoms with Crippen molar-refractivity contribution in [3.05, 3.63) is 34.1 Å². The first kappa shape index (κ1) is 11.4. The molecule has 4 heteroatoms. The van der Waals surface area contributed by atoms with E-state index in [-0.39, 0.29) is 11.4 Å².